The Bertz CT molecular complexity index is 600. The number of hydrogen-bond donors (Lipinski definition) is 1. The van der Waals surface area contributed by atoms with Crippen LogP contribution in [0.1, 0.15) is 12.0 Å². The first-order valence-electron chi connectivity index (χ1n) is 8.31. The lowest BCUT2D eigenvalue weighted by molar-refractivity contribution is -0.143. The van der Waals surface area contributed by atoms with Gasteiger partial charge >= 0.3 is 6.18 Å². The van der Waals surface area contributed by atoms with Crippen molar-refractivity contribution >= 4 is 11.6 Å². The Kier molecular flexibility index (Phi) is 4.99. The fraction of sp³-hybridized carbons (Fsp3) is 0.588. The number of fused-ring (bicyclic) bond motifs is 1. The van der Waals surface area contributed by atoms with Crippen molar-refractivity contribution in [1.82, 2.24) is 10.2 Å². The van der Waals surface area contributed by atoms with E-state index in [0.717, 1.165) is 31.0 Å². The van der Waals surface area contributed by atoms with Crippen LogP contribution in [0.25, 0.3) is 0 Å². The van der Waals surface area contributed by atoms with Crippen LogP contribution in [-0.4, -0.2) is 56.8 Å². The molecule has 1 saturated heterocycles. The first-order valence-corrected chi connectivity index (χ1v) is 8.31. The Labute approximate surface area is 140 Å². The molecule has 1 unspecified atom stereocenters. The van der Waals surface area contributed by atoms with Gasteiger partial charge in [0.2, 0.25) is 0 Å². The van der Waals surface area contributed by atoms with Gasteiger partial charge in [-0.25, -0.2) is 0 Å². The van der Waals surface area contributed by atoms with Gasteiger partial charge in [-0.15, -0.1) is 0 Å². The zero-order chi connectivity index (χ0) is 17.2. The standard InChI is InChI=1S/C17H23F3N4/c1-21-16(24-9-7-14-4-2-3-5-15(14)24)22-10-13-6-8-23(11-13)12-17(18,19)20/h2-5,13H,6-12H2,1H3,(H,21,22). The number of benzene rings is 1. The summed E-state index contributed by atoms with van der Waals surface area (Å²) >= 11 is 0. The number of rotatable bonds is 3. The smallest absolute Gasteiger partial charge is 0.356 e. The maximum atomic E-state index is 12.5. The SMILES string of the molecule is CN=C(NCC1CCN(CC(F)(F)F)C1)N1CCc2ccccc21. The Balaban J connectivity index is 1.53. The lowest BCUT2D eigenvalue weighted by Crippen LogP contribution is -2.43. The van der Waals surface area contributed by atoms with E-state index >= 15 is 0 Å². The maximum Gasteiger partial charge on any atom is 0.401 e. The minimum atomic E-state index is -4.11. The summed E-state index contributed by atoms with van der Waals surface area (Å²) in [6, 6.07) is 8.24. The van der Waals surface area contributed by atoms with Crippen molar-refractivity contribution in [3.8, 4) is 0 Å². The number of guanidine groups is 1. The number of halogens is 3. The van der Waals surface area contributed by atoms with Gasteiger partial charge in [-0.3, -0.25) is 9.89 Å². The third-order valence-corrected chi connectivity index (χ3v) is 4.68. The van der Waals surface area contributed by atoms with E-state index < -0.39 is 12.7 Å². The van der Waals surface area contributed by atoms with Gasteiger partial charge < -0.3 is 10.2 Å². The molecule has 2 aliphatic rings. The number of nitrogens with one attached hydrogen (secondary N) is 1. The van der Waals surface area contributed by atoms with Crippen LogP contribution >= 0.6 is 0 Å². The van der Waals surface area contributed by atoms with Crippen molar-refractivity contribution in [1.29, 1.82) is 0 Å². The quantitative estimate of drug-likeness (QED) is 0.678. The van der Waals surface area contributed by atoms with Gasteiger partial charge in [-0.05, 0) is 36.9 Å². The van der Waals surface area contributed by atoms with E-state index in [4.69, 9.17) is 0 Å². The van der Waals surface area contributed by atoms with Crippen LogP contribution in [-0.2, 0) is 6.42 Å². The molecule has 7 heteroatoms. The summed E-state index contributed by atoms with van der Waals surface area (Å²) in [5, 5.41) is 3.35. The minimum absolute atomic E-state index is 0.224. The third kappa shape index (κ3) is 4.01. The van der Waals surface area contributed by atoms with Crippen LogP contribution in [0.5, 0.6) is 0 Å². The molecule has 1 N–H and O–H groups in total. The van der Waals surface area contributed by atoms with Crippen LogP contribution in [0.15, 0.2) is 29.3 Å². The summed E-state index contributed by atoms with van der Waals surface area (Å²) in [6.07, 6.45) is -2.34. The number of para-hydroxylation sites is 1. The Morgan fingerprint density at radius 3 is 2.83 bits per heavy atom. The first-order chi connectivity index (χ1) is 11.5. The molecule has 0 aromatic heterocycles. The molecule has 2 heterocycles. The van der Waals surface area contributed by atoms with E-state index in [2.05, 4.69) is 27.3 Å². The topological polar surface area (TPSA) is 30.9 Å². The van der Waals surface area contributed by atoms with E-state index in [1.807, 2.05) is 12.1 Å². The number of likely N-dealkylation sites (tertiary alicyclic amines) is 1. The molecule has 1 aromatic rings. The molecule has 1 fully saturated rings. The summed E-state index contributed by atoms with van der Waals surface area (Å²) in [5.74, 6) is 1.02. The van der Waals surface area contributed by atoms with Crippen molar-refractivity contribution in [2.45, 2.75) is 19.0 Å². The lowest BCUT2D eigenvalue weighted by atomic mass is 10.1. The normalized spacial score (nSPS) is 22.1. The number of aliphatic imine (C=N–C) groups is 1. The average molecular weight is 340 g/mol. The van der Waals surface area contributed by atoms with Gasteiger partial charge in [0, 0.05) is 32.4 Å². The van der Waals surface area contributed by atoms with Gasteiger partial charge in [-0.1, -0.05) is 18.2 Å². The Morgan fingerprint density at radius 2 is 2.08 bits per heavy atom. The Morgan fingerprint density at radius 1 is 1.29 bits per heavy atom. The summed E-state index contributed by atoms with van der Waals surface area (Å²) < 4.78 is 37.4. The molecule has 0 radical (unpaired) electrons. The molecule has 0 amide bonds. The molecule has 4 nitrogen and oxygen atoms in total. The van der Waals surface area contributed by atoms with Crippen LogP contribution in [0.2, 0.25) is 0 Å². The molecule has 24 heavy (non-hydrogen) atoms. The van der Waals surface area contributed by atoms with Crippen LogP contribution in [0.3, 0.4) is 0 Å². The molecule has 0 bridgehead atoms. The molecule has 1 atom stereocenters. The fourth-order valence-corrected chi connectivity index (χ4v) is 3.57. The maximum absolute atomic E-state index is 12.5. The van der Waals surface area contributed by atoms with Crippen molar-refractivity contribution in [3.05, 3.63) is 29.8 Å². The van der Waals surface area contributed by atoms with E-state index in [-0.39, 0.29) is 5.92 Å². The monoisotopic (exact) mass is 340 g/mol. The van der Waals surface area contributed by atoms with Crippen molar-refractivity contribution in [2.24, 2.45) is 10.9 Å². The van der Waals surface area contributed by atoms with E-state index in [0.29, 0.717) is 19.6 Å². The van der Waals surface area contributed by atoms with Gasteiger partial charge in [-0.2, -0.15) is 13.2 Å². The zero-order valence-corrected chi connectivity index (χ0v) is 13.8. The second-order valence-corrected chi connectivity index (χ2v) is 6.46. The van der Waals surface area contributed by atoms with Gasteiger partial charge in [0.25, 0.3) is 0 Å². The molecule has 2 aliphatic heterocycles. The molecular weight excluding hydrogens is 317 g/mol. The molecule has 1 aromatic carbocycles. The zero-order valence-electron chi connectivity index (χ0n) is 13.8. The van der Waals surface area contributed by atoms with Crippen LogP contribution in [0.4, 0.5) is 18.9 Å². The average Bonchev–Trinajstić information content (AvgIpc) is 3.14. The second-order valence-electron chi connectivity index (χ2n) is 6.46. The summed E-state index contributed by atoms with van der Waals surface area (Å²) in [4.78, 5) is 7.98. The predicted molar refractivity (Wildman–Crippen MR) is 89.5 cm³/mol. The summed E-state index contributed by atoms with van der Waals surface area (Å²) in [6.45, 7) is 1.72. The number of anilines is 1. The van der Waals surface area contributed by atoms with Crippen molar-refractivity contribution < 1.29 is 13.2 Å². The largest absolute Gasteiger partial charge is 0.401 e. The predicted octanol–water partition coefficient (Wildman–Crippen LogP) is 2.51. The second kappa shape index (κ2) is 7.01. The number of nitrogens with zero attached hydrogens (tertiary/aromatic N) is 3. The molecular formula is C17H23F3N4. The van der Waals surface area contributed by atoms with Crippen molar-refractivity contribution in [2.75, 3.05) is 44.7 Å². The number of hydrogen-bond acceptors (Lipinski definition) is 2. The highest BCUT2D eigenvalue weighted by molar-refractivity contribution is 5.97. The Hall–Kier alpha value is -1.76. The van der Waals surface area contributed by atoms with E-state index in [1.54, 1.807) is 7.05 Å². The van der Waals surface area contributed by atoms with Crippen LogP contribution in [0, 0.1) is 5.92 Å². The van der Waals surface area contributed by atoms with Gasteiger partial charge in [0.05, 0.1) is 6.54 Å². The summed E-state index contributed by atoms with van der Waals surface area (Å²) in [7, 11) is 1.74. The van der Waals surface area contributed by atoms with Crippen molar-refractivity contribution in [3.63, 3.8) is 0 Å². The summed E-state index contributed by atoms with van der Waals surface area (Å²) in [5.41, 5.74) is 2.47. The molecule has 0 aliphatic carbocycles. The highest BCUT2D eigenvalue weighted by Crippen LogP contribution is 2.27. The molecule has 132 valence electrons. The molecule has 3 rings (SSSR count). The highest BCUT2D eigenvalue weighted by atomic mass is 19.4. The number of alkyl halides is 3. The third-order valence-electron chi connectivity index (χ3n) is 4.68. The molecule has 0 saturated carbocycles. The fourth-order valence-electron chi connectivity index (χ4n) is 3.57. The van der Waals surface area contributed by atoms with E-state index in [9.17, 15) is 13.2 Å². The van der Waals surface area contributed by atoms with E-state index in [1.165, 1.54) is 10.5 Å². The first kappa shape index (κ1) is 17.1. The minimum Gasteiger partial charge on any atom is -0.356 e. The van der Waals surface area contributed by atoms with Gasteiger partial charge in [0.1, 0.15) is 0 Å². The lowest BCUT2D eigenvalue weighted by Gasteiger charge is -2.24. The molecule has 0 spiro atoms. The van der Waals surface area contributed by atoms with Gasteiger partial charge in [0.15, 0.2) is 5.96 Å². The highest BCUT2D eigenvalue weighted by Gasteiger charge is 2.34. The van der Waals surface area contributed by atoms with Crippen LogP contribution < -0.4 is 10.2 Å².